The number of para-hydroxylation sites is 2. The van der Waals surface area contributed by atoms with Crippen molar-refractivity contribution < 1.29 is 14.3 Å². The van der Waals surface area contributed by atoms with Gasteiger partial charge in [0.1, 0.15) is 11.6 Å². The van der Waals surface area contributed by atoms with Gasteiger partial charge in [0.2, 0.25) is 0 Å². The van der Waals surface area contributed by atoms with E-state index >= 15 is 0 Å². The van der Waals surface area contributed by atoms with E-state index in [9.17, 15) is 4.79 Å². The summed E-state index contributed by atoms with van der Waals surface area (Å²) in [6.45, 7) is 3.82. The Morgan fingerprint density at radius 3 is 2.72 bits per heavy atom. The quantitative estimate of drug-likeness (QED) is 0.663. The summed E-state index contributed by atoms with van der Waals surface area (Å²) in [5.74, 6) is 1.46. The second kappa shape index (κ2) is 8.96. The highest BCUT2D eigenvalue weighted by molar-refractivity contribution is 7.09. The van der Waals surface area contributed by atoms with Crippen LogP contribution in [0.4, 0.5) is 4.79 Å². The maximum atomic E-state index is 12.6. The Morgan fingerprint density at radius 2 is 1.93 bits per heavy atom. The Morgan fingerprint density at radius 1 is 1.17 bits per heavy atom. The fourth-order valence-corrected chi connectivity index (χ4v) is 3.89. The Bertz CT molecular complexity index is 961. The van der Waals surface area contributed by atoms with Gasteiger partial charge in [-0.1, -0.05) is 42.5 Å². The number of ether oxygens (including phenoxy) is 2. The average molecular weight is 410 g/mol. The van der Waals surface area contributed by atoms with Crippen LogP contribution in [0.25, 0.3) is 11.3 Å². The monoisotopic (exact) mass is 409 g/mol. The van der Waals surface area contributed by atoms with Gasteiger partial charge < -0.3 is 19.7 Å². The van der Waals surface area contributed by atoms with E-state index in [0.29, 0.717) is 26.2 Å². The number of nitrogens with zero attached hydrogens (tertiary/aromatic N) is 2. The van der Waals surface area contributed by atoms with Crippen LogP contribution in [-0.2, 0) is 6.54 Å². The van der Waals surface area contributed by atoms with Gasteiger partial charge in [0, 0.05) is 17.5 Å². The Balaban J connectivity index is 1.31. The van der Waals surface area contributed by atoms with E-state index in [1.54, 1.807) is 16.2 Å². The van der Waals surface area contributed by atoms with Crippen molar-refractivity contribution in [3.63, 3.8) is 0 Å². The van der Waals surface area contributed by atoms with E-state index in [2.05, 4.69) is 10.3 Å². The lowest BCUT2D eigenvalue weighted by atomic mass is 10.2. The number of likely N-dealkylation sites (N-methyl/N-ethyl adjacent to an activating group) is 1. The maximum Gasteiger partial charge on any atom is 0.317 e. The molecule has 0 fully saturated rings. The number of thiazole rings is 1. The fourth-order valence-electron chi connectivity index (χ4n) is 3.15. The van der Waals surface area contributed by atoms with E-state index in [0.717, 1.165) is 27.8 Å². The van der Waals surface area contributed by atoms with Gasteiger partial charge in [0.15, 0.2) is 17.6 Å². The minimum absolute atomic E-state index is 0.133. The van der Waals surface area contributed by atoms with Crippen LogP contribution in [0.1, 0.15) is 11.9 Å². The van der Waals surface area contributed by atoms with Crippen LogP contribution in [0.3, 0.4) is 0 Å². The molecule has 4 rings (SSSR count). The summed E-state index contributed by atoms with van der Waals surface area (Å²) >= 11 is 1.54. The molecule has 1 N–H and O–H groups in total. The number of carbonyl (C=O) groups is 1. The summed E-state index contributed by atoms with van der Waals surface area (Å²) in [5, 5.41) is 5.85. The molecule has 0 aliphatic carbocycles. The number of amides is 2. The van der Waals surface area contributed by atoms with Crippen LogP contribution < -0.4 is 14.8 Å². The van der Waals surface area contributed by atoms with Gasteiger partial charge in [-0.05, 0) is 19.1 Å². The molecule has 150 valence electrons. The SMILES string of the molecule is CCN(CC1COc2ccccc2O1)C(=O)NCc1nc(-c2ccccc2)cs1. The van der Waals surface area contributed by atoms with E-state index in [1.807, 2.05) is 66.9 Å². The zero-order valence-corrected chi connectivity index (χ0v) is 17.0. The van der Waals surface area contributed by atoms with Crippen molar-refractivity contribution in [2.24, 2.45) is 0 Å². The predicted octanol–water partition coefficient (Wildman–Crippen LogP) is 4.18. The molecule has 29 heavy (non-hydrogen) atoms. The first-order valence-corrected chi connectivity index (χ1v) is 10.5. The third kappa shape index (κ3) is 4.68. The maximum absolute atomic E-state index is 12.6. The van der Waals surface area contributed by atoms with Gasteiger partial charge in [-0.2, -0.15) is 0 Å². The Kier molecular flexibility index (Phi) is 5.95. The lowest BCUT2D eigenvalue weighted by Gasteiger charge is -2.30. The standard InChI is InChI=1S/C22H23N3O3S/c1-2-25(13-17-14-27-19-10-6-7-11-20(19)28-17)22(26)23-12-21-24-18(15-29-21)16-8-4-3-5-9-16/h3-11,15,17H,2,12-14H2,1H3,(H,23,26). The molecule has 0 radical (unpaired) electrons. The van der Waals surface area contributed by atoms with Crippen molar-refractivity contribution in [1.29, 1.82) is 0 Å². The molecule has 0 spiro atoms. The van der Waals surface area contributed by atoms with E-state index in [1.165, 1.54) is 0 Å². The van der Waals surface area contributed by atoms with E-state index < -0.39 is 0 Å². The summed E-state index contributed by atoms with van der Waals surface area (Å²) in [6, 6.07) is 17.5. The first kappa shape index (κ1) is 19.3. The van der Waals surface area contributed by atoms with Crippen molar-refractivity contribution >= 4 is 17.4 Å². The molecule has 2 heterocycles. The van der Waals surface area contributed by atoms with Crippen molar-refractivity contribution in [3.05, 3.63) is 65.0 Å². The van der Waals surface area contributed by atoms with Gasteiger partial charge in [0.05, 0.1) is 18.8 Å². The number of carbonyl (C=O) groups excluding carboxylic acids is 1. The number of rotatable bonds is 6. The summed E-state index contributed by atoms with van der Waals surface area (Å²) in [5.41, 5.74) is 2.00. The smallest absolute Gasteiger partial charge is 0.317 e. The average Bonchev–Trinajstić information content (AvgIpc) is 3.25. The second-order valence-electron chi connectivity index (χ2n) is 6.69. The summed E-state index contributed by atoms with van der Waals surface area (Å²) in [4.78, 5) is 19.0. The van der Waals surface area contributed by atoms with Crippen molar-refractivity contribution in [2.75, 3.05) is 19.7 Å². The van der Waals surface area contributed by atoms with Crippen molar-refractivity contribution in [2.45, 2.75) is 19.6 Å². The van der Waals surface area contributed by atoms with Gasteiger partial charge >= 0.3 is 6.03 Å². The van der Waals surface area contributed by atoms with Crippen LogP contribution >= 0.6 is 11.3 Å². The van der Waals surface area contributed by atoms with Gasteiger partial charge in [-0.25, -0.2) is 9.78 Å². The highest BCUT2D eigenvalue weighted by atomic mass is 32.1. The van der Waals surface area contributed by atoms with Gasteiger partial charge in [0.25, 0.3) is 0 Å². The molecule has 1 atom stereocenters. The molecule has 1 aromatic heterocycles. The molecule has 3 aromatic rings. The minimum atomic E-state index is -0.194. The van der Waals surface area contributed by atoms with Crippen LogP contribution in [0.15, 0.2) is 60.0 Å². The fraction of sp³-hybridized carbons (Fsp3) is 0.273. The third-order valence-corrected chi connectivity index (χ3v) is 5.52. The molecule has 1 aliphatic rings. The molecular formula is C22H23N3O3S. The molecule has 6 nitrogen and oxygen atoms in total. The lowest BCUT2D eigenvalue weighted by molar-refractivity contribution is 0.0675. The van der Waals surface area contributed by atoms with Crippen LogP contribution in [0.2, 0.25) is 0 Å². The highest BCUT2D eigenvalue weighted by Gasteiger charge is 2.24. The first-order chi connectivity index (χ1) is 14.2. The molecular weight excluding hydrogens is 386 g/mol. The summed E-state index contributed by atoms with van der Waals surface area (Å²) in [7, 11) is 0. The normalized spacial score (nSPS) is 15.0. The minimum Gasteiger partial charge on any atom is -0.486 e. The molecule has 2 amide bonds. The molecule has 0 bridgehead atoms. The van der Waals surface area contributed by atoms with Gasteiger partial charge in [-0.3, -0.25) is 0 Å². The number of hydrogen-bond acceptors (Lipinski definition) is 5. The lowest BCUT2D eigenvalue weighted by Crippen LogP contribution is -2.47. The van der Waals surface area contributed by atoms with Crippen LogP contribution in [0, 0.1) is 0 Å². The summed E-state index contributed by atoms with van der Waals surface area (Å²) in [6.07, 6.45) is -0.194. The predicted molar refractivity (Wildman–Crippen MR) is 113 cm³/mol. The largest absolute Gasteiger partial charge is 0.486 e. The molecule has 7 heteroatoms. The van der Waals surface area contributed by atoms with Crippen LogP contribution in [-0.4, -0.2) is 41.7 Å². The molecule has 0 saturated carbocycles. The molecule has 0 saturated heterocycles. The van der Waals surface area contributed by atoms with Crippen LogP contribution in [0.5, 0.6) is 11.5 Å². The zero-order valence-electron chi connectivity index (χ0n) is 16.2. The van der Waals surface area contributed by atoms with Gasteiger partial charge in [-0.15, -0.1) is 11.3 Å². The zero-order chi connectivity index (χ0) is 20.1. The first-order valence-electron chi connectivity index (χ1n) is 9.64. The Labute approximate surface area is 174 Å². The number of hydrogen-bond donors (Lipinski definition) is 1. The Hall–Kier alpha value is -3.06. The number of benzene rings is 2. The number of urea groups is 1. The molecule has 1 aliphatic heterocycles. The van der Waals surface area contributed by atoms with Crippen molar-refractivity contribution in [1.82, 2.24) is 15.2 Å². The molecule has 1 unspecified atom stereocenters. The third-order valence-electron chi connectivity index (χ3n) is 4.67. The highest BCUT2D eigenvalue weighted by Crippen LogP contribution is 2.31. The molecule has 2 aromatic carbocycles. The summed E-state index contributed by atoms with van der Waals surface area (Å²) < 4.78 is 11.7. The number of fused-ring (bicyclic) bond motifs is 1. The van der Waals surface area contributed by atoms with E-state index in [-0.39, 0.29) is 12.1 Å². The van der Waals surface area contributed by atoms with Crippen molar-refractivity contribution in [3.8, 4) is 22.8 Å². The topological polar surface area (TPSA) is 63.7 Å². The number of aromatic nitrogens is 1. The van der Waals surface area contributed by atoms with E-state index in [4.69, 9.17) is 9.47 Å². The second-order valence-corrected chi connectivity index (χ2v) is 7.63. The number of nitrogens with one attached hydrogen (secondary N) is 1.